The molecule has 3 rings (SSSR count). The second kappa shape index (κ2) is 6.10. The van der Waals surface area contributed by atoms with Crippen LogP contribution in [0.25, 0.3) is 11.5 Å². The maximum absolute atomic E-state index is 12.3. The molecule has 110 valence electrons. The highest BCUT2D eigenvalue weighted by atomic mass is 16.5. The Morgan fingerprint density at radius 2 is 2.14 bits per heavy atom. The molecule has 1 aliphatic rings. The van der Waals surface area contributed by atoms with Gasteiger partial charge in [0.1, 0.15) is 6.26 Å². The van der Waals surface area contributed by atoms with Crippen LogP contribution in [0.15, 0.2) is 35.1 Å². The van der Waals surface area contributed by atoms with E-state index in [-0.39, 0.29) is 11.8 Å². The second-order valence-corrected chi connectivity index (χ2v) is 5.19. The Kier molecular flexibility index (Phi) is 4.01. The molecule has 1 amide bonds. The number of amides is 1. The van der Waals surface area contributed by atoms with Gasteiger partial charge in [0.05, 0.1) is 6.20 Å². The Balaban J connectivity index is 1.79. The standard InChI is InChI=1S/C16H18N2O3/c1-11-13(16-17-7-10-21-16)3-2-4-14(11)18-15(19)12-5-8-20-9-6-12/h2-4,7,10,12H,5-6,8-9H2,1H3,(H,18,19). The van der Waals surface area contributed by atoms with Crippen LogP contribution in [-0.4, -0.2) is 24.1 Å². The van der Waals surface area contributed by atoms with E-state index in [1.807, 2.05) is 25.1 Å². The minimum absolute atomic E-state index is 0.0311. The third-order valence-electron chi connectivity index (χ3n) is 3.85. The van der Waals surface area contributed by atoms with Crippen molar-refractivity contribution >= 4 is 11.6 Å². The maximum Gasteiger partial charge on any atom is 0.227 e. The SMILES string of the molecule is Cc1c(NC(=O)C2CCOCC2)cccc1-c1ncco1. The van der Waals surface area contributed by atoms with Crippen molar-refractivity contribution in [3.05, 3.63) is 36.2 Å². The van der Waals surface area contributed by atoms with Crippen molar-refractivity contribution in [2.24, 2.45) is 5.92 Å². The van der Waals surface area contributed by atoms with Crippen LogP contribution in [0.1, 0.15) is 18.4 Å². The van der Waals surface area contributed by atoms with E-state index in [4.69, 9.17) is 9.15 Å². The number of hydrogen-bond donors (Lipinski definition) is 1. The number of anilines is 1. The van der Waals surface area contributed by atoms with Crippen LogP contribution in [0.4, 0.5) is 5.69 Å². The summed E-state index contributed by atoms with van der Waals surface area (Å²) in [4.78, 5) is 16.5. The number of aromatic nitrogens is 1. The van der Waals surface area contributed by atoms with Crippen molar-refractivity contribution in [2.45, 2.75) is 19.8 Å². The molecule has 1 saturated heterocycles. The number of nitrogens with one attached hydrogen (secondary N) is 1. The first-order valence-corrected chi connectivity index (χ1v) is 7.14. The number of carbonyl (C=O) groups excluding carboxylic acids is 1. The van der Waals surface area contributed by atoms with Crippen LogP contribution in [-0.2, 0) is 9.53 Å². The molecule has 0 atom stereocenters. The van der Waals surface area contributed by atoms with Crippen LogP contribution in [0.2, 0.25) is 0 Å². The van der Waals surface area contributed by atoms with Gasteiger partial charge in [0.2, 0.25) is 11.8 Å². The minimum atomic E-state index is 0.0311. The van der Waals surface area contributed by atoms with Crippen LogP contribution in [0, 0.1) is 12.8 Å². The van der Waals surface area contributed by atoms with Gasteiger partial charge in [0.25, 0.3) is 0 Å². The summed E-state index contributed by atoms with van der Waals surface area (Å²) in [6.45, 7) is 3.28. The van der Waals surface area contributed by atoms with Crippen molar-refractivity contribution in [3.63, 3.8) is 0 Å². The topological polar surface area (TPSA) is 64.4 Å². The molecule has 0 aliphatic carbocycles. The molecule has 0 unspecified atom stereocenters. The van der Waals surface area contributed by atoms with Crippen molar-refractivity contribution < 1.29 is 13.9 Å². The highest BCUT2D eigenvalue weighted by Crippen LogP contribution is 2.28. The smallest absolute Gasteiger partial charge is 0.227 e. The summed E-state index contributed by atoms with van der Waals surface area (Å²) < 4.78 is 10.6. The molecule has 5 heteroatoms. The molecule has 21 heavy (non-hydrogen) atoms. The van der Waals surface area contributed by atoms with E-state index in [1.165, 1.54) is 0 Å². The average Bonchev–Trinajstić information content (AvgIpc) is 3.04. The molecule has 1 aromatic heterocycles. The van der Waals surface area contributed by atoms with Crippen LogP contribution in [0.3, 0.4) is 0 Å². The molecule has 0 saturated carbocycles. The zero-order valence-electron chi connectivity index (χ0n) is 12.0. The fourth-order valence-corrected chi connectivity index (χ4v) is 2.55. The maximum atomic E-state index is 12.3. The third kappa shape index (κ3) is 2.97. The van der Waals surface area contributed by atoms with E-state index in [0.29, 0.717) is 19.1 Å². The highest BCUT2D eigenvalue weighted by molar-refractivity contribution is 5.94. The van der Waals surface area contributed by atoms with Crippen molar-refractivity contribution in [2.75, 3.05) is 18.5 Å². The summed E-state index contributed by atoms with van der Waals surface area (Å²) in [6, 6.07) is 5.73. The van der Waals surface area contributed by atoms with E-state index in [9.17, 15) is 4.79 Å². The Morgan fingerprint density at radius 1 is 1.33 bits per heavy atom. The van der Waals surface area contributed by atoms with Crippen molar-refractivity contribution in [1.82, 2.24) is 4.98 Å². The monoisotopic (exact) mass is 286 g/mol. The summed E-state index contributed by atoms with van der Waals surface area (Å²) in [7, 11) is 0. The highest BCUT2D eigenvalue weighted by Gasteiger charge is 2.22. The second-order valence-electron chi connectivity index (χ2n) is 5.19. The molecular weight excluding hydrogens is 268 g/mol. The lowest BCUT2D eigenvalue weighted by Gasteiger charge is -2.22. The summed E-state index contributed by atoms with van der Waals surface area (Å²) >= 11 is 0. The number of nitrogens with zero attached hydrogens (tertiary/aromatic N) is 1. The summed E-state index contributed by atoms with van der Waals surface area (Å²) in [5, 5.41) is 3.02. The van der Waals surface area contributed by atoms with Crippen LogP contribution < -0.4 is 5.32 Å². The van der Waals surface area contributed by atoms with E-state index in [0.717, 1.165) is 29.7 Å². The first-order valence-electron chi connectivity index (χ1n) is 7.14. The first kappa shape index (κ1) is 13.8. The predicted octanol–water partition coefficient (Wildman–Crippen LogP) is 3.02. The quantitative estimate of drug-likeness (QED) is 0.942. The molecule has 0 radical (unpaired) electrons. The normalized spacial score (nSPS) is 15.9. The minimum Gasteiger partial charge on any atom is -0.445 e. The van der Waals surface area contributed by atoms with E-state index in [1.54, 1.807) is 12.5 Å². The predicted molar refractivity (Wildman–Crippen MR) is 78.8 cm³/mol. The number of carbonyl (C=O) groups is 1. The lowest BCUT2D eigenvalue weighted by atomic mass is 9.98. The molecule has 1 aromatic carbocycles. The van der Waals surface area contributed by atoms with Gasteiger partial charge in [-0.15, -0.1) is 0 Å². The summed E-state index contributed by atoms with van der Waals surface area (Å²) in [5.41, 5.74) is 2.66. The Labute approximate surface area is 123 Å². The lowest BCUT2D eigenvalue weighted by molar-refractivity contribution is -0.122. The van der Waals surface area contributed by atoms with E-state index in [2.05, 4.69) is 10.3 Å². The van der Waals surface area contributed by atoms with Gasteiger partial charge in [-0.3, -0.25) is 4.79 Å². The average molecular weight is 286 g/mol. The van der Waals surface area contributed by atoms with Gasteiger partial charge in [-0.2, -0.15) is 0 Å². The van der Waals surface area contributed by atoms with Gasteiger partial charge >= 0.3 is 0 Å². The fraction of sp³-hybridized carbons (Fsp3) is 0.375. The lowest BCUT2D eigenvalue weighted by Crippen LogP contribution is -2.28. The first-order chi connectivity index (χ1) is 10.3. The number of hydrogen-bond acceptors (Lipinski definition) is 4. The number of ether oxygens (including phenoxy) is 1. The Hall–Kier alpha value is -2.14. The van der Waals surface area contributed by atoms with Gasteiger partial charge in [-0.25, -0.2) is 4.98 Å². The van der Waals surface area contributed by atoms with Crippen molar-refractivity contribution in [1.29, 1.82) is 0 Å². The van der Waals surface area contributed by atoms with E-state index >= 15 is 0 Å². The molecule has 0 bridgehead atoms. The Bertz CT molecular complexity index is 616. The van der Waals surface area contributed by atoms with Gasteiger partial charge in [-0.05, 0) is 37.5 Å². The molecule has 5 nitrogen and oxygen atoms in total. The Morgan fingerprint density at radius 3 is 2.86 bits per heavy atom. The van der Waals surface area contributed by atoms with E-state index < -0.39 is 0 Å². The van der Waals surface area contributed by atoms with Gasteiger partial charge in [0, 0.05) is 30.4 Å². The number of benzene rings is 1. The van der Waals surface area contributed by atoms with Crippen LogP contribution in [0.5, 0.6) is 0 Å². The number of oxazole rings is 1. The van der Waals surface area contributed by atoms with Gasteiger partial charge < -0.3 is 14.5 Å². The molecule has 1 aliphatic heterocycles. The van der Waals surface area contributed by atoms with Crippen LogP contribution >= 0.6 is 0 Å². The van der Waals surface area contributed by atoms with Gasteiger partial charge in [-0.1, -0.05) is 6.07 Å². The summed E-state index contributed by atoms with van der Waals surface area (Å²) in [5.74, 6) is 0.657. The zero-order valence-corrected chi connectivity index (χ0v) is 12.0. The molecule has 2 heterocycles. The molecule has 1 N–H and O–H groups in total. The van der Waals surface area contributed by atoms with Crippen molar-refractivity contribution in [3.8, 4) is 11.5 Å². The molecular formula is C16H18N2O3. The molecule has 2 aromatic rings. The third-order valence-corrected chi connectivity index (χ3v) is 3.85. The largest absolute Gasteiger partial charge is 0.445 e. The molecule has 0 spiro atoms. The molecule has 1 fully saturated rings. The fourth-order valence-electron chi connectivity index (χ4n) is 2.55. The van der Waals surface area contributed by atoms with Gasteiger partial charge in [0.15, 0.2) is 0 Å². The summed E-state index contributed by atoms with van der Waals surface area (Å²) in [6.07, 6.45) is 4.72. The number of rotatable bonds is 3. The zero-order chi connectivity index (χ0) is 14.7.